The Morgan fingerprint density at radius 2 is 1.78 bits per heavy atom. The number of halogens is 1. The lowest BCUT2D eigenvalue weighted by Gasteiger charge is -2.09. The van der Waals surface area contributed by atoms with Gasteiger partial charge in [0.1, 0.15) is 5.75 Å². The number of hydrogen-bond acceptors (Lipinski definition) is 2. The van der Waals surface area contributed by atoms with Gasteiger partial charge in [0.2, 0.25) is 0 Å². The van der Waals surface area contributed by atoms with Crippen LogP contribution in [-0.4, -0.2) is 12.4 Å². The van der Waals surface area contributed by atoms with Crippen LogP contribution in [0, 0.1) is 0 Å². The first-order valence-electron chi connectivity index (χ1n) is 5.74. The Morgan fingerprint density at radius 3 is 2.44 bits per heavy atom. The molecule has 0 saturated heterocycles. The highest BCUT2D eigenvalue weighted by molar-refractivity contribution is 9.10. The molecule has 0 saturated carbocycles. The fraction of sp³-hybridized carbons (Fsp3) is 0.133. The van der Waals surface area contributed by atoms with E-state index >= 15 is 0 Å². The lowest BCUT2D eigenvalue weighted by molar-refractivity contribution is 0.103. The summed E-state index contributed by atoms with van der Waals surface area (Å²) >= 11 is 3.35. The van der Waals surface area contributed by atoms with Crippen molar-refractivity contribution in [1.82, 2.24) is 0 Å². The van der Waals surface area contributed by atoms with Gasteiger partial charge >= 0.3 is 0 Å². The average Bonchev–Trinajstić information content (AvgIpc) is 2.40. The van der Waals surface area contributed by atoms with E-state index in [-0.39, 0.29) is 5.78 Å². The summed E-state index contributed by atoms with van der Waals surface area (Å²) in [6, 6.07) is 14.6. The predicted molar refractivity (Wildman–Crippen MR) is 75.2 cm³/mol. The van der Waals surface area contributed by atoms with Crippen LogP contribution >= 0.6 is 15.9 Å². The Hall–Kier alpha value is -1.61. The molecule has 0 unspecified atom stereocenters. The zero-order chi connectivity index (χ0) is 13.0. The molecule has 0 aromatic heterocycles. The summed E-state index contributed by atoms with van der Waals surface area (Å²) in [7, 11) is 0. The third-order valence-corrected chi connectivity index (χ3v) is 3.07. The molecule has 0 radical (unpaired) electrons. The van der Waals surface area contributed by atoms with Gasteiger partial charge in [-0.15, -0.1) is 0 Å². The molecule has 0 heterocycles. The van der Waals surface area contributed by atoms with E-state index in [1.54, 1.807) is 18.2 Å². The summed E-state index contributed by atoms with van der Waals surface area (Å²) in [6.07, 6.45) is 0. The van der Waals surface area contributed by atoms with Crippen LogP contribution in [0.3, 0.4) is 0 Å². The minimum atomic E-state index is -0.0217. The fourth-order valence-corrected chi connectivity index (χ4v) is 1.96. The van der Waals surface area contributed by atoms with Gasteiger partial charge in [0.25, 0.3) is 0 Å². The van der Waals surface area contributed by atoms with Crippen molar-refractivity contribution in [2.75, 3.05) is 6.61 Å². The summed E-state index contributed by atoms with van der Waals surface area (Å²) in [4.78, 5) is 12.4. The molecule has 0 fully saturated rings. The van der Waals surface area contributed by atoms with Crippen LogP contribution in [0.15, 0.2) is 53.0 Å². The first-order chi connectivity index (χ1) is 8.72. The van der Waals surface area contributed by atoms with Crippen molar-refractivity contribution >= 4 is 21.7 Å². The lowest BCUT2D eigenvalue weighted by Crippen LogP contribution is -2.05. The molecule has 2 rings (SSSR count). The Kier molecular flexibility index (Phi) is 4.15. The topological polar surface area (TPSA) is 26.3 Å². The first-order valence-corrected chi connectivity index (χ1v) is 6.53. The molecule has 92 valence electrons. The summed E-state index contributed by atoms with van der Waals surface area (Å²) in [5.74, 6) is 0.611. The van der Waals surface area contributed by atoms with Crippen molar-refractivity contribution in [3.05, 3.63) is 64.1 Å². The van der Waals surface area contributed by atoms with Crippen molar-refractivity contribution < 1.29 is 9.53 Å². The normalized spacial score (nSPS) is 10.1. The van der Waals surface area contributed by atoms with Gasteiger partial charge < -0.3 is 4.74 Å². The zero-order valence-electron chi connectivity index (χ0n) is 10.0. The molecule has 0 aliphatic heterocycles. The van der Waals surface area contributed by atoms with Gasteiger partial charge in [0, 0.05) is 10.0 Å². The number of hydrogen-bond donors (Lipinski definition) is 0. The summed E-state index contributed by atoms with van der Waals surface area (Å²) in [6.45, 7) is 2.45. The van der Waals surface area contributed by atoms with E-state index in [1.165, 1.54) is 0 Å². The van der Waals surface area contributed by atoms with Gasteiger partial charge in [-0.2, -0.15) is 0 Å². The maximum absolute atomic E-state index is 12.4. The fourth-order valence-electron chi connectivity index (χ4n) is 1.69. The minimum absolute atomic E-state index is 0.0217. The molecule has 0 amide bonds. The average molecular weight is 305 g/mol. The molecular weight excluding hydrogens is 292 g/mol. The van der Waals surface area contributed by atoms with Gasteiger partial charge in [0.15, 0.2) is 5.78 Å². The third-order valence-electron chi connectivity index (χ3n) is 2.54. The monoisotopic (exact) mass is 304 g/mol. The van der Waals surface area contributed by atoms with Crippen LogP contribution in [-0.2, 0) is 0 Å². The van der Waals surface area contributed by atoms with Crippen molar-refractivity contribution in [3.8, 4) is 5.75 Å². The van der Waals surface area contributed by atoms with Crippen LogP contribution in [0.25, 0.3) is 0 Å². The van der Waals surface area contributed by atoms with Crippen LogP contribution in [0.5, 0.6) is 5.75 Å². The molecule has 0 spiro atoms. The Morgan fingerprint density at radius 1 is 1.11 bits per heavy atom. The molecule has 18 heavy (non-hydrogen) atoms. The number of carbonyl (C=O) groups is 1. The number of ketones is 1. The summed E-state index contributed by atoms with van der Waals surface area (Å²) < 4.78 is 6.43. The molecule has 0 atom stereocenters. The van der Waals surface area contributed by atoms with E-state index in [0.717, 1.165) is 4.47 Å². The molecule has 2 aromatic carbocycles. The highest BCUT2D eigenvalue weighted by Gasteiger charge is 2.13. The van der Waals surface area contributed by atoms with Crippen LogP contribution in [0.2, 0.25) is 0 Å². The lowest BCUT2D eigenvalue weighted by atomic mass is 10.0. The van der Waals surface area contributed by atoms with Crippen molar-refractivity contribution in [2.45, 2.75) is 6.92 Å². The van der Waals surface area contributed by atoms with Crippen LogP contribution in [0.4, 0.5) is 0 Å². The molecule has 2 nitrogen and oxygen atoms in total. The van der Waals surface area contributed by atoms with Gasteiger partial charge in [-0.3, -0.25) is 4.79 Å². The number of para-hydroxylation sites is 1. The largest absolute Gasteiger partial charge is 0.493 e. The first kappa shape index (κ1) is 12.8. The van der Waals surface area contributed by atoms with Gasteiger partial charge in [-0.1, -0.05) is 28.1 Å². The molecule has 3 heteroatoms. The number of ether oxygens (including phenoxy) is 1. The molecule has 2 aromatic rings. The maximum Gasteiger partial charge on any atom is 0.196 e. The van der Waals surface area contributed by atoms with Crippen molar-refractivity contribution in [1.29, 1.82) is 0 Å². The van der Waals surface area contributed by atoms with Gasteiger partial charge in [-0.25, -0.2) is 0 Å². The van der Waals surface area contributed by atoms with E-state index in [9.17, 15) is 4.79 Å². The molecule has 0 aliphatic rings. The van der Waals surface area contributed by atoms with E-state index in [4.69, 9.17) is 4.74 Å². The quantitative estimate of drug-likeness (QED) is 0.796. The predicted octanol–water partition coefficient (Wildman–Crippen LogP) is 4.08. The van der Waals surface area contributed by atoms with E-state index in [1.807, 2.05) is 37.3 Å². The van der Waals surface area contributed by atoms with Crippen LogP contribution < -0.4 is 4.74 Å². The summed E-state index contributed by atoms with van der Waals surface area (Å²) in [5.41, 5.74) is 1.26. The van der Waals surface area contributed by atoms with E-state index < -0.39 is 0 Å². The van der Waals surface area contributed by atoms with Crippen molar-refractivity contribution in [2.24, 2.45) is 0 Å². The van der Waals surface area contributed by atoms with E-state index in [2.05, 4.69) is 15.9 Å². The molecular formula is C15H13BrO2. The Balaban J connectivity index is 2.36. The highest BCUT2D eigenvalue weighted by Crippen LogP contribution is 2.22. The second kappa shape index (κ2) is 5.83. The van der Waals surface area contributed by atoms with Crippen molar-refractivity contribution in [3.63, 3.8) is 0 Å². The minimum Gasteiger partial charge on any atom is -0.493 e. The zero-order valence-corrected chi connectivity index (χ0v) is 11.6. The SMILES string of the molecule is CCOc1ccccc1C(=O)c1ccc(Br)cc1. The number of benzene rings is 2. The number of carbonyl (C=O) groups excluding carboxylic acids is 1. The summed E-state index contributed by atoms with van der Waals surface area (Å²) in [5, 5.41) is 0. The number of rotatable bonds is 4. The van der Waals surface area contributed by atoms with Gasteiger partial charge in [-0.05, 0) is 43.3 Å². The molecule has 0 N–H and O–H groups in total. The Labute approximate surface area is 115 Å². The second-order valence-corrected chi connectivity index (χ2v) is 4.68. The van der Waals surface area contributed by atoms with E-state index in [0.29, 0.717) is 23.5 Å². The van der Waals surface area contributed by atoms with Gasteiger partial charge in [0.05, 0.1) is 12.2 Å². The maximum atomic E-state index is 12.4. The third kappa shape index (κ3) is 2.79. The second-order valence-electron chi connectivity index (χ2n) is 3.77. The highest BCUT2D eigenvalue weighted by atomic mass is 79.9. The Bertz CT molecular complexity index is 547. The molecule has 0 bridgehead atoms. The standard InChI is InChI=1S/C15H13BrO2/c1-2-18-14-6-4-3-5-13(14)15(17)11-7-9-12(16)10-8-11/h3-10H,2H2,1H3. The molecule has 0 aliphatic carbocycles. The van der Waals surface area contributed by atoms with Crippen LogP contribution in [0.1, 0.15) is 22.8 Å². The smallest absolute Gasteiger partial charge is 0.196 e.